The number of nitrogens with zero attached hydrogens (tertiary/aromatic N) is 2. The summed E-state index contributed by atoms with van der Waals surface area (Å²) < 4.78 is 4.23. The second-order valence-corrected chi connectivity index (χ2v) is 6.12. The lowest BCUT2D eigenvalue weighted by Crippen LogP contribution is -2.47. The van der Waals surface area contributed by atoms with E-state index in [1.807, 2.05) is 27.7 Å². The summed E-state index contributed by atoms with van der Waals surface area (Å²) in [6.45, 7) is 9.79. The van der Waals surface area contributed by atoms with E-state index in [0.717, 1.165) is 18.7 Å². The predicted molar refractivity (Wildman–Crippen MR) is 74.9 cm³/mol. The van der Waals surface area contributed by atoms with Crippen LogP contribution in [0.2, 0.25) is 0 Å². The number of aryl methyl sites for hydroxylation is 1. The van der Waals surface area contributed by atoms with Crippen LogP contribution in [0.3, 0.4) is 0 Å². The number of amides is 1. The molecule has 1 heterocycles. The van der Waals surface area contributed by atoms with E-state index < -0.39 is 0 Å². The fraction of sp³-hybridized carbons (Fsp3) is 0.750. The number of anilines is 1. The van der Waals surface area contributed by atoms with Crippen LogP contribution in [-0.2, 0) is 11.2 Å². The summed E-state index contributed by atoms with van der Waals surface area (Å²) in [6.07, 6.45) is 1.90. The molecule has 1 unspecified atom stereocenters. The predicted octanol–water partition coefficient (Wildman–Crippen LogP) is 2.21. The highest BCUT2D eigenvalue weighted by molar-refractivity contribution is 7.09. The Balaban J connectivity index is 2.52. The molecule has 1 aromatic rings. The number of carbonyl (C=O) groups is 1. The molecular weight excluding hydrogens is 248 g/mol. The second-order valence-electron chi connectivity index (χ2n) is 5.37. The Bertz CT molecular complexity index is 397. The van der Waals surface area contributed by atoms with Gasteiger partial charge in [0.25, 0.3) is 0 Å². The van der Waals surface area contributed by atoms with Gasteiger partial charge in [-0.3, -0.25) is 4.79 Å². The molecule has 0 aliphatic carbocycles. The largest absolute Gasteiger partial charge is 0.350 e. The number of hydrogen-bond donors (Lipinski definition) is 2. The van der Waals surface area contributed by atoms with E-state index >= 15 is 0 Å². The highest BCUT2D eigenvalue weighted by Crippen LogP contribution is 2.13. The molecular formula is C12H22N4OS. The van der Waals surface area contributed by atoms with E-state index in [0.29, 0.717) is 5.13 Å². The van der Waals surface area contributed by atoms with E-state index in [1.54, 1.807) is 0 Å². The van der Waals surface area contributed by atoms with Gasteiger partial charge in [0.05, 0.1) is 0 Å². The van der Waals surface area contributed by atoms with Crippen LogP contribution in [0.5, 0.6) is 0 Å². The molecule has 1 aromatic heterocycles. The lowest BCUT2D eigenvalue weighted by atomic mass is 10.1. The van der Waals surface area contributed by atoms with Crippen molar-refractivity contribution in [1.29, 1.82) is 0 Å². The van der Waals surface area contributed by atoms with Crippen molar-refractivity contribution in [2.24, 2.45) is 0 Å². The van der Waals surface area contributed by atoms with Crippen LogP contribution in [0.15, 0.2) is 0 Å². The standard InChI is InChI=1S/C12H22N4OS/c1-6-7-9-14-11(18-16-9)13-8(2)10(17)15-12(3,4)5/h8H,6-7H2,1-5H3,(H,15,17)(H,13,14,16). The Morgan fingerprint density at radius 3 is 2.67 bits per heavy atom. The molecule has 5 nitrogen and oxygen atoms in total. The van der Waals surface area contributed by atoms with Gasteiger partial charge in [0.2, 0.25) is 11.0 Å². The fourth-order valence-corrected chi connectivity index (χ4v) is 2.07. The topological polar surface area (TPSA) is 66.9 Å². The quantitative estimate of drug-likeness (QED) is 0.861. The van der Waals surface area contributed by atoms with Crippen molar-refractivity contribution in [3.8, 4) is 0 Å². The summed E-state index contributed by atoms with van der Waals surface area (Å²) in [7, 11) is 0. The first-order valence-corrected chi connectivity index (χ1v) is 7.00. The van der Waals surface area contributed by atoms with Gasteiger partial charge in [-0.1, -0.05) is 6.92 Å². The number of carbonyl (C=O) groups excluding carboxylic acids is 1. The Morgan fingerprint density at radius 2 is 2.11 bits per heavy atom. The van der Waals surface area contributed by atoms with E-state index in [-0.39, 0.29) is 17.5 Å². The van der Waals surface area contributed by atoms with Crippen LogP contribution in [0.25, 0.3) is 0 Å². The van der Waals surface area contributed by atoms with Crippen LogP contribution in [0, 0.1) is 0 Å². The third kappa shape index (κ3) is 5.00. The van der Waals surface area contributed by atoms with E-state index in [2.05, 4.69) is 26.9 Å². The minimum atomic E-state index is -0.313. The Morgan fingerprint density at radius 1 is 1.44 bits per heavy atom. The molecule has 0 aliphatic rings. The van der Waals surface area contributed by atoms with Gasteiger partial charge in [0.1, 0.15) is 11.9 Å². The van der Waals surface area contributed by atoms with Crippen LogP contribution in [0.1, 0.15) is 46.9 Å². The molecule has 0 radical (unpaired) electrons. The molecule has 0 saturated heterocycles. The molecule has 0 saturated carbocycles. The lowest BCUT2D eigenvalue weighted by molar-refractivity contribution is -0.122. The highest BCUT2D eigenvalue weighted by Gasteiger charge is 2.19. The van der Waals surface area contributed by atoms with Crippen molar-refractivity contribution in [3.63, 3.8) is 0 Å². The third-order valence-electron chi connectivity index (χ3n) is 2.17. The van der Waals surface area contributed by atoms with Crippen LogP contribution < -0.4 is 10.6 Å². The summed E-state index contributed by atoms with van der Waals surface area (Å²) in [5.74, 6) is 0.808. The summed E-state index contributed by atoms with van der Waals surface area (Å²) in [4.78, 5) is 16.2. The minimum absolute atomic E-state index is 0.0326. The number of nitrogens with one attached hydrogen (secondary N) is 2. The molecule has 0 aliphatic heterocycles. The molecule has 0 fully saturated rings. The molecule has 0 bridgehead atoms. The zero-order valence-electron chi connectivity index (χ0n) is 11.7. The highest BCUT2D eigenvalue weighted by atomic mass is 32.1. The van der Waals surface area contributed by atoms with Gasteiger partial charge in [-0.2, -0.15) is 4.37 Å². The van der Waals surface area contributed by atoms with Gasteiger partial charge in [-0.25, -0.2) is 4.98 Å². The summed E-state index contributed by atoms with van der Waals surface area (Å²) >= 11 is 1.30. The molecule has 1 rings (SSSR count). The third-order valence-corrected chi connectivity index (χ3v) is 2.86. The summed E-state index contributed by atoms with van der Waals surface area (Å²) in [6, 6.07) is -0.313. The normalized spacial score (nSPS) is 13.2. The zero-order valence-corrected chi connectivity index (χ0v) is 12.5. The number of hydrogen-bond acceptors (Lipinski definition) is 5. The van der Waals surface area contributed by atoms with Gasteiger partial charge < -0.3 is 10.6 Å². The monoisotopic (exact) mass is 270 g/mol. The van der Waals surface area contributed by atoms with Gasteiger partial charge >= 0.3 is 0 Å². The van der Waals surface area contributed by atoms with Crippen molar-refractivity contribution < 1.29 is 4.79 Å². The van der Waals surface area contributed by atoms with Gasteiger partial charge in [0, 0.05) is 23.5 Å². The first-order chi connectivity index (χ1) is 8.31. The van der Waals surface area contributed by atoms with Crippen molar-refractivity contribution in [2.75, 3.05) is 5.32 Å². The SMILES string of the molecule is CCCc1nsc(NC(C)C(=O)NC(C)(C)C)n1. The molecule has 1 atom stereocenters. The maximum absolute atomic E-state index is 11.9. The van der Waals surface area contributed by atoms with Crippen LogP contribution >= 0.6 is 11.5 Å². The van der Waals surface area contributed by atoms with Crippen molar-refractivity contribution in [3.05, 3.63) is 5.82 Å². The summed E-state index contributed by atoms with van der Waals surface area (Å²) in [5.41, 5.74) is -0.221. The first kappa shape index (κ1) is 14.9. The maximum Gasteiger partial charge on any atom is 0.242 e. The fourth-order valence-electron chi connectivity index (χ4n) is 1.37. The van der Waals surface area contributed by atoms with E-state index in [4.69, 9.17) is 0 Å². The smallest absolute Gasteiger partial charge is 0.242 e. The average Bonchev–Trinajstić information content (AvgIpc) is 2.63. The maximum atomic E-state index is 11.9. The lowest BCUT2D eigenvalue weighted by Gasteiger charge is -2.23. The van der Waals surface area contributed by atoms with Crippen molar-refractivity contribution >= 4 is 22.6 Å². The van der Waals surface area contributed by atoms with E-state index in [1.165, 1.54) is 11.5 Å². The van der Waals surface area contributed by atoms with Gasteiger partial charge in [-0.15, -0.1) is 0 Å². The van der Waals surface area contributed by atoms with Crippen LogP contribution in [-0.4, -0.2) is 26.8 Å². The van der Waals surface area contributed by atoms with Crippen LogP contribution in [0.4, 0.5) is 5.13 Å². The average molecular weight is 270 g/mol. The Kier molecular flexibility index (Phi) is 5.07. The Labute approximate surface area is 113 Å². The minimum Gasteiger partial charge on any atom is -0.350 e. The van der Waals surface area contributed by atoms with Gasteiger partial charge in [-0.05, 0) is 34.1 Å². The molecule has 6 heteroatoms. The van der Waals surface area contributed by atoms with E-state index in [9.17, 15) is 4.79 Å². The molecule has 1 amide bonds. The van der Waals surface area contributed by atoms with Crippen molar-refractivity contribution in [2.45, 2.75) is 59.0 Å². The molecule has 0 spiro atoms. The van der Waals surface area contributed by atoms with Crippen molar-refractivity contribution in [1.82, 2.24) is 14.7 Å². The van der Waals surface area contributed by atoms with Gasteiger partial charge in [0.15, 0.2) is 0 Å². The number of aromatic nitrogens is 2. The molecule has 18 heavy (non-hydrogen) atoms. The number of rotatable bonds is 5. The molecule has 2 N–H and O–H groups in total. The first-order valence-electron chi connectivity index (χ1n) is 6.23. The molecule has 102 valence electrons. The summed E-state index contributed by atoms with van der Waals surface area (Å²) in [5, 5.41) is 6.71. The Hall–Kier alpha value is -1.17. The second kappa shape index (κ2) is 6.13. The zero-order chi connectivity index (χ0) is 13.8. The molecule has 0 aromatic carbocycles.